The van der Waals surface area contributed by atoms with Crippen LogP contribution in [0.15, 0.2) is 60.7 Å². The van der Waals surface area contributed by atoms with E-state index in [1.807, 2.05) is 60.7 Å². The molecule has 1 fully saturated rings. The third kappa shape index (κ3) is 13.2. The molecule has 1 saturated carbocycles. The van der Waals surface area contributed by atoms with Crippen molar-refractivity contribution in [2.45, 2.75) is 25.7 Å². The molecule has 0 unspecified atom stereocenters. The summed E-state index contributed by atoms with van der Waals surface area (Å²) in [6, 6.07) is 18.7. The van der Waals surface area contributed by atoms with Crippen molar-refractivity contribution in [3.8, 4) is 11.8 Å². The zero-order valence-electron chi connectivity index (χ0n) is 14.2. The van der Waals surface area contributed by atoms with Crippen molar-refractivity contribution >= 4 is 0 Å². The zero-order valence-corrected chi connectivity index (χ0v) is 16.5. The first-order chi connectivity index (χ1) is 11.9. The van der Waals surface area contributed by atoms with E-state index in [1.165, 1.54) is 25.7 Å². The minimum absolute atomic E-state index is 0. The van der Waals surface area contributed by atoms with Crippen LogP contribution in [0.4, 0.5) is 0 Å². The number of hydrogen-bond donors (Lipinski definition) is 0. The Labute approximate surface area is 168 Å². The van der Waals surface area contributed by atoms with Gasteiger partial charge in [0.25, 0.3) is 0 Å². The van der Waals surface area contributed by atoms with E-state index in [1.54, 1.807) is 0 Å². The maximum atomic E-state index is 6.69. The summed E-state index contributed by atoms with van der Waals surface area (Å²) in [5, 5.41) is 0. The third-order valence-electron chi connectivity index (χ3n) is 3.17. The molecule has 0 atom stereocenters. The molecule has 1 aliphatic rings. The first-order valence-electron chi connectivity index (χ1n) is 8.12. The molecule has 3 rings (SSSR count). The minimum Gasteiger partial charge on any atom is -0.366 e. The maximum Gasteiger partial charge on any atom is 2.00 e. The fourth-order valence-corrected chi connectivity index (χ4v) is 1.90. The third-order valence-corrected chi connectivity index (χ3v) is 3.17. The molecule has 0 N–H and O–H groups in total. The van der Waals surface area contributed by atoms with Crippen molar-refractivity contribution in [2.75, 3.05) is 0 Å². The van der Waals surface area contributed by atoms with E-state index < -0.39 is 0 Å². The maximum absolute atomic E-state index is 6.69. The van der Waals surface area contributed by atoms with Crippen molar-refractivity contribution in [2.24, 2.45) is 0 Å². The SMILES string of the molecule is [C-]#Cc1ccccc1.[C-]#Cc1ccccc1.[CH]1[CH]CC[CH][CH]CC1.[Pt+2]. The molecular weight excluding hydrogens is 483 g/mol. The van der Waals surface area contributed by atoms with Crippen LogP contribution in [0.3, 0.4) is 0 Å². The van der Waals surface area contributed by atoms with Gasteiger partial charge in [0.1, 0.15) is 0 Å². The van der Waals surface area contributed by atoms with Gasteiger partial charge < -0.3 is 12.8 Å². The van der Waals surface area contributed by atoms with Gasteiger partial charge in [0.05, 0.1) is 0 Å². The summed E-state index contributed by atoms with van der Waals surface area (Å²) in [6.07, 6.45) is 27.4. The van der Waals surface area contributed by atoms with Gasteiger partial charge in [-0.25, -0.2) is 0 Å². The molecule has 0 amide bonds. The molecule has 0 nitrogen and oxygen atoms in total. The van der Waals surface area contributed by atoms with Gasteiger partial charge in [-0.2, -0.15) is 0 Å². The van der Waals surface area contributed by atoms with E-state index in [2.05, 4.69) is 37.5 Å². The van der Waals surface area contributed by atoms with E-state index in [9.17, 15) is 0 Å². The molecule has 0 spiro atoms. The fraction of sp³-hybridized carbons (Fsp3) is 0.167. The molecule has 0 heterocycles. The summed E-state index contributed by atoms with van der Waals surface area (Å²) < 4.78 is 0. The average molecular weight is 506 g/mol. The number of benzene rings is 2. The van der Waals surface area contributed by atoms with Crippen LogP contribution in [0.1, 0.15) is 36.8 Å². The second kappa shape index (κ2) is 17.1. The Kier molecular flexibility index (Phi) is 15.9. The van der Waals surface area contributed by atoms with Crippen LogP contribution in [-0.4, -0.2) is 0 Å². The molecule has 0 bridgehead atoms. The van der Waals surface area contributed by atoms with E-state index in [0.717, 1.165) is 11.1 Å². The van der Waals surface area contributed by atoms with Crippen LogP contribution in [0.5, 0.6) is 0 Å². The largest absolute Gasteiger partial charge is 2.00 e. The predicted molar refractivity (Wildman–Crippen MR) is 101 cm³/mol. The van der Waals surface area contributed by atoms with Gasteiger partial charge >= 0.3 is 21.1 Å². The van der Waals surface area contributed by atoms with Gasteiger partial charge in [0, 0.05) is 0 Å². The molecular formula is C24H22Pt. The van der Waals surface area contributed by atoms with Gasteiger partial charge in [-0.15, -0.1) is 35.4 Å². The Morgan fingerprint density at radius 2 is 0.800 bits per heavy atom. The minimum atomic E-state index is 0. The molecule has 2 aromatic carbocycles. The van der Waals surface area contributed by atoms with Crippen molar-refractivity contribution in [3.05, 3.63) is 110 Å². The molecule has 1 heteroatoms. The van der Waals surface area contributed by atoms with Gasteiger partial charge in [-0.1, -0.05) is 36.4 Å². The van der Waals surface area contributed by atoms with Gasteiger partial charge in [0.2, 0.25) is 0 Å². The Balaban J connectivity index is 0.000000339. The van der Waals surface area contributed by atoms with Crippen LogP contribution in [-0.2, 0) is 21.1 Å². The average Bonchev–Trinajstić information content (AvgIpc) is 2.63. The standard InChI is InChI=1S/2C8H5.C8H12.Pt/c2*1-2-8-6-4-3-5-7-8;1-2-4-6-8-7-5-3-1;/h2*3-7H;1-2,7-8H,3-6H2;/q2*-1;;+2. The molecule has 4 radical (unpaired) electrons. The quantitative estimate of drug-likeness (QED) is 0.322. The normalized spacial score (nSPS) is 12.7. The molecule has 2 aromatic rings. The van der Waals surface area contributed by atoms with Crippen LogP contribution in [0, 0.1) is 50.4 Å². The predicted octanol–water partition coefficient (Wildman–Crippen LogP) is 5.62. The Morgan fingerprint density at radius 3 is 1.00 bits per heavy atom. The zero-order chi connectivity index (χ0) is 17.3. The smallest absolute Gasteiger partial charge is 0.366 e. The first kappa shape index (κ1) is 23.2. The van der Waals surface area contributed by atoms with Gasteiger partial charge in [-0.3, -0.25) is 11.8 Å². The second-order valence-corrected chi connectivity index (χ2v) is 5.08. The molecule has 0 aliphatic heterocycles. The van der Waals surface area contributed by atoms with Crippen molar-refractivity contribution in [1.29, 1.82) is 0 Å². The van der Waals surface area contributed by atoms with Crippen LogP contribution < -0.4 is 0 Å². The van der Waals surface area contributed by atoms with E-state index >= 15 is 0 Å². The van der Waals surface area contributed by atoms with Gasteiger partial charge in [-0.05, 0) is 51.4 Å². The fourth-order valence-electron chi connectivity index (χ4n) is 1.90. The first-order valence-corrected chi connectivity index (χ1v) is 8.12. The summed E-state index contributed by atoms with van der Waals surface area (Å²) in [6.45, 7) is 0. The van der Waals surface area contributed by atoms with Gasteiger partial charge in [0.15, 0.2) is 0 Å². The van der Waals surface area contributed by atoms with Crippen molar-refractivity contribution in [3.63, 3.8) is 0 Å². The second-order valence-electron chi connectivity index (χ2n) is 5.08. The molecule has 0 aromatic heterocycles. The van der Waals surface area contributed by atoms with Crippen LogP contribution in [0.2, 0.25) is 0 Å². The van der Waals surface area contributed by atoms with E-state index in [-0.39, 0.29) is 21.1 Å². The molecule has 1 aliphatic carbocycles. The molecule has 128 valence electrons. The molecule has 0 saturated heterocycles. The van der Waals surface area contributed by atoms with E-state index in [4.69, 9.17) is 12.8 Å². The monoisotopic (exact) mass is 505 g/mol. The topological polar surface area (TPSA) is 0 Å². The summed E-state index contributed by atoms with van der Waals surface area (Å²) in [5.74, 6) is 4.55. The summed E-state index contributed by atoms with van der Waals surface area (Å²) in [7, 11) is 0. The Morgan fingerprint density at radius 1 is 0.520 bits per heavy atom. The van der Waals surface area contributed by atoms with Crippen LogP contribution >= 0.6 is 0 Å². The Bertz CT molecular complexity index is 529. The number of hydrogen-bond acceptors (Lipinski definition) is 0. The summed E-state index contributed by atoms with van der Waals surface area (Å²) in [5.41, 5.74) is 1.65. The summed E-state index contributed by atoms with van der Waals surface area (Å²) >= 11 is 0. The number of rotatable bonds is 0. The summed E-state index contributed by atoms with van der Waals surface area (Å²) in [4.78, 5) is 0. The van der Waals surface area contributed by atoms with Crippen molar-refractivity contribution < 1.29 is 21.1 Å². The van der Waals surface area contributed by atoms with E-state index in [0.29, 0.717) is 0 Å². The Hall–Kier alpha value is -1.75. The molecule has 25 heavy (non-hydrogen) atoms. The van der Waals surface area contributed by atoms with Crippen LogP contribution in [0.25, 0.3) is 0 Å². The van der Waals surface area contributed by atoms with Crippen molar-refractivity contribution in [1.82, 2.24) is 0 Å².